The zero-order chi connectivity index (χ0) is 6.78. The van der Waals surface area contributed by atoms with E-state index in [0.29, 0.717) is 0 Å². The summed E-state index contributed by atoms with van der Waals surface area (Å²) < 4.78 is 32.5. The lowest BCUT2D eigenvalue weighted by atomic mass is 11.2. The molecule has 0 aliphatic heterocycles. The molecule has 0 saturated carbocycles. The fourth-order valence-corrected chi connectivity index (χ4v) is 0.0463. The summed E-state index contributed by atoms with van der Waals surface area (Å²) >= 11 is 0. The number of hydrogen-bond donors (Lipinski definition) is 1. The largest absolute Gasteiger partial charge is 0.527 e. The molecule has 0 atom stereocenters. The summed E-state index contributed by atoms with van der Waals surface area (Å²) in [6.07, 6.45) is -5.08. The van der Waals surface area contributed by atoms with Gasteiger partial charge in [-0.15, -0.1) is 18.1 Å². The van der Waals surface area contributed by atoms with Gasteiger partial charge in [-0.05, 0) is 5.17 Å². The maximum Gasteiger partial charge on any atom is 0.527 e. The van der Waals surface area contributed by atoms with Crippen molar-refractivity contribution in [3.63, 3.8) is 0 Å². The van der Waals surface area contributed by atoms with Gasteiger partial charge in [0.25, 0.3) is 0 Å². The van der Waals surface area contributed by atoms with Crippen molar-refractivity contribution in [3.05, 3.63) is 4.91 Å². The maximum absolute atomic E-state index is 10.8. The van der Waals surface area contributed by atoms with Crippen LogP contribution < -0.4 is 0 Å². The molecule has 0 aliphatic carbocycles. The summed E-state index contributed by atoms with van der Waals surface area (Å²) in [5.74, 6) is 0. The maximum atomic E-state index is 10.8. The van der Waals surface area contributed by atoms with Crippen molar-refractivity contribution in [2.45, 2.75) is 6.30 Å². The summed E-state index contributed by atoms with van der Waals surface area (Å²) in [6, 6.07) is 0. The molecule has 0 spiro atoms. The van der Waals surface area contributed by atoms with Gasteiger partial charge in [0.1, 0.15) is 0 Å². The molecule has 8 heavy (non-hydrogen) atoms. The molecule has 0 bridgehead atoms. The van der Waals surface area contributed by atoms with Crippen LogP contribution in [0.25, 0.3) is 0 Å². The third-order valence-corrected chi connectivity index (χ3v) is 0.304. The fourth-order valence-electron chi connectivity index (χ4n) is 0.0463. The first-order chi connectivity index (χ1) is 3.48. The van der Waals surface area contributed by atoms with E-state index in [1.807, 2.05) is 0 Å². The van der Waals surface area contributed by atoms with Crippen molar-refractivity contribution in [2.24, 2.45) is 5.29 Å². The minimum Gasteiger partial charge on any atom is -0.262 e. The zero-order valence-corrected chi connectivity index (χ0v) is 3.38. The van der Waals surface area contributed by atoms with Gasteiger partial charge in [-0.25, -0.2) is 0 Å². The average Bonchev–Trinajstić information content (AvgIpc) is 1.62. The van der Waals surface area contributed by atoms with Gasteiger partial charge >= 0.3 is 6.30 Å². The average molecular weight is 130 g/mol. The van der Waals surface area contributed by atoms with E-state index in [2.05, 4.69) is 0 Å². The molecule has 0 saturated heterocycles. The molecule has 48 valence electrons. The third-order valence-electron chi connectivity index (χ3n) is 0.304. The molecule has 0 fully saturated rings. The molecule has 0 heterocycles. The Morgan fingerprint density at radius 3 is 1.88 bits per heavy atom. The van der Waals surface area contributed by atoms with E-state index in [1.165, 1.54) is 5.29 Å². The SMILES string of the molecule is O=NN(O)C(F)(F)F. The molecule has 0 unspecified atom stereocenters. The minimum atomic E-state index is -5.08. The molecule has 1 N–H and O–H groups in total. The number of hydroxylamine groups is 1. The van der Waals surface area contributed by atoms with E-state index >= 15 is 0 Å². The first kappa shape index (κ1) is 7.15. The standard InChI is InChI=1S/CHF3N2O2/c2-1(3,4)6(8)5-7/h8H. The number of alkyl halides is 3. The number of nitroso groups, excluding NO2 is 1. The van der Waals surface area contributed by atoms with Gasteiger partial charge in [-0.2, -0.15) is 0 Å². The van der Waals surface area contributed by atoms with E-state index in [0.717, 1.165) is 0 Å². The van der Waals surface area contributed by atoms with Crippen LogP contribution in [0.4, 0.5) is 13.2 Å². The Hall–Kier alpha value is -0.850. The van der Waals surface area contributed by atoms with Crippen LogP contribution >= 0.6 is 0 Å². The van der Waals surface area contributed by atoms with Gasteiger partial charge in [-0.3, -0.25) is 5.21 Å². The molecular formula is CHF3N2O2. The highest BCUT2D eigenvalue weighted by atomic mass is 19.4. The first-order valence-electron chi connectivity index (χ1n) is 1.37. The molecule has 0 amide bonds. The van der Waals surface area contributed by atoms with Crippen LogP contribution in [0, 0.1) is 4.91 Å². The van der Waals surface area contributed by atoms with E-state index in [4.69, 9.17) is 10.1 Å². The van der Waals surface area contributed by atoms with Crippen molar-refractivity contribution in [1.29, 1.82) is 0 Å². The molecule has 7 heteroatoms. The van der Waals surface area contributed by atoms with E-state index < -0.39 is 11.5 Å². The van der Waals surface area contributed by atoms with Crippen LogP contribution in [0.3, 0.4) is 0 Å². The van der Waals surface area contributed by atoms with E-state index in [9.17, 15) is 13.2 Å². The molecule has 0 rings (SSSR count). The van der Waals surface area contributed by atoms with Gasteiger partial charge in [0.15, 0.2) is 0 Å². The van der Waals surface area contributed by atoms with Crippen LogP contribution in [-0.2, 0) is 0 Å². The number of hydrogen-bond acceptors (Lipinski definition) is 3. The molecular weight excluding hydrogens is 129 g/mol. The second-order valence-corrected chi connectivity index (χ2v) is 0.839. The lowest BCUT2D eigenvalue weighted by molar-refractivity contribution is -0.353. The number of rotatable bonds is 1. The van der Waals surface area contributed by atoms with Crippen LogP contribution in [0.5, 0.6) is 0 Å². The van der Waals surface area contributed by atoms with Crippen LogP contribution in [0.15, 0.2) is 5.29 Å². The summed E-state index contributed by atoms with van der Waals surface area (Å²) in [7, 11) is 0. The molecule has 0 aromatic rings. The van der Waals surface area contributed by atoms with Gasteiger partial charge in [0.05, 0.1) is 5.29 Å². The third kappa shape index (κ3) is 1.73. The van der Waals surface area contributed by atoms with Crippen LogP contribution in [0.1, 0.15) is 0 Å². The van der Waals surface area contributed by atoms with Crippen molar-refractivity contribution in [3.8, 4) is 0 Å². The predicted octanol–water partition coefficient (Wildman–Crippen LogP) is 0.879. The van der Waals surface area contributed by atoms with Gasteiger partial charge in [0, 0.05) is 0 Å². The Bertz CT molecular complexity index is 89.8. The minimum absolute atomic E-state index is 1.17. The summed E-state index contributed by atoms with van der Waals surface area (Å²) in [6.45, 7) is 0. The summed E-state index contributed by atoms with van der Waals surface area (Å²) in [5.41, 5.74) is 0. The lowest BCUT2D eigenvalue weighted by Crippen LogP contribution is -2.29. The number of halogens is 3. The van der Waals surface area contributed by atoms with Crippen molar-refractivity contribution in [1.82, 2.24) is 5.17 Å². The van der Waals surface area contributed by atoms with Gasteiger partial charge in [0.2, 0.25) is 0 Å². The predicted molar refractivity (Wildman–Crippen MR) is 15.5 cm³/mol. The number of nitrogens with zero attached hydrogens (tertiary/aromatic N) is 2. The molecule has 0 aromatic carbocycles. The Labute approximate surface area is 41.4 Å². The highest BCUT2D eigenvalue weighted by Crippen LogP contribution is 2.17. The van der Waals surface area contributed by atoms with Gasteiger partial charge < -0.3 is 0 Å². The fraction of sp³-hybridized carbons (Fsp3) is 1.00. The first-order valence-corrected chi connectivity index (χ1v) is 1.37. The van der Waals surface area contributed by atoms with E-state index in [1.54, 1.807) is 0 Å². The molecule has 0 aliphatic rings. The Kier molecular flexibility index (Phi) is 1.74. The second kappa shape index (κ2) is 1.95. The van der Waals surface area contributed by atoms with Crippen LogP contribution in [-0.4, -0.2) is 16.7 Å². The normalized spacial score (nSPS) is 11.0. The van der Waals surface area contributed by atoms with Crippen molar-refractivity contribution >= 4 is 0 Å². The lowest BCUT2D eigenvalue weighted by Gasteiger charge is -2.07. The Balaban J connectivity index is 3.80. The second-order valence-electron chi connectivity index (χ2n) is 0.839. The van der Waals surface area contributed by atoms with E-state index in [-0.39, 0.29) is 0 Å². The van der Waals surface area contributed by atoms with Crippen molar-refractivity contribution < 1.29 is 18.4 Å². The monoisotopic (exact) mass is 130 g/mol. The van der Waals surface area contributed by atoms with Crippen molar-refractivity contribution in [2.75, 3.05) is 0 Å². The topological polar surface area (TPSA) is 52.9 Å². The molecule has 4 nitrogen and oxygen atoms in total. The Morgan fingerprint density at radius 1 is 1.50 bits per heavy atom. The highest BCUT2D eigenvalue weighted by Gasteiger charge is 2.37. The smallest absolute Gasteiger partial charge is 0.262 e. The van der Waals surface area contributed by atoms with Crippen LogP contribution in [0.2, 0.25) is 0 Å². The summed E-state index contributed by atoms with van der Waals surface area (Å²) in [5, 5.41) is 6.98. The summed E-state index contributed by atoms with van der Waals surface area (Å²) in [4.78, 5) is 8.86. The molecule has 0 aromatic heterocycles. The highest BCUT2D eigenvalue weighted by molar-refractivity contribution is 4.34. The quantitative estimate of drug-likeness (QED) is 0.325. The zero-order valence-electron chi connectivity index (χ0n) is 3.38. The van der Waals surface area contributed by atoms with Gasteiger partial charge in [-0.1, -0.05) is 0 Å². The Morgan fingerprint density at radius 2 is 1.88 bits per heavy atom. The molecule has 0 radical (unpaired) electrons.